The maximum absolute atomic E-state index is 12.0. The minimum Gasteiger partial charge on any atom is -0.345 e. The molecule has 0 atom stereocenters. The zero-order valence-corrected chi connectivity index (χ0v) is 15.5. The molecule has 1 fully saturated rings. The molecule has 1 aromatic carbocycles. The van der Waals surface area contributed by atoms with Crippen molar-refractivity contribution >= 4 is 17.5 Å². The molecule has 1 saturated heterocycles. The smallest absolute Gasteiger partial charge is 0.222 e. The van der Waals surface area contributed by atoms with Crippen molar-refractivity contribution in [2.24, 2.45) is 5.92 Å². The van der Waals surface area contributed by atoms with Gasteiger partial charge in [-0.3, -0.25) is 4.79 Å². The number of allylic oxidation sites excluding steroid dienone is 1. The van der Waals surface area contributed by atoms with Crippen LogP contribution in [0.4, 0.5) is 0 Å². The van der Waals surface area contributed by atoms with Gasteiger partial charge in [-0.2, -0.15) is 0 Å². The van der Waals surface area contributed by atoms with Crippen LogP contribution in [-0.4, -0.2) is 48.9 Å². The first-order chi connectivity index (χ1) is 11.6. The number of carbonyl (C=O) groups excluding carboxylic acids is 1. The second kappa shape index (κ2) is 9.85. The maximum atomic E-state index is 12.0. The summed E-state index contributed by atoms with van der Waals surface area (Å²) in [5, 5.41) is 0.798. The average molecular weight is 349 g/mol. The standard InChI is InChI=1S/C20H29ClN2O/c1-3-4-5-20(24)22(2)16-18-11-14-23(15-12-18)13-10-17-6-8-19(21)9-7-17/h3,6-9,18H,1,4-5,10-16H2,2H3. The van der Waals surface area contributed by atoms with Crippen molar-refractivity contribution in [1.82, 2.24) is 9.80 Å². The Kier molecular flexibility index (Phi) is 7.80. The topological polar surface area (TPSA) is 23.6 Å². The van der Waals surface area contributed by atoms with Crippen molar-refractivity contribution in [3.05, 3.63) is 47.5 Å². The lowest BCUT2D eigenvalue weighted by molar-refractivity contribution is -0.130. The molecule has 3 nitrogen and oxygen atoms in total. The van der Waals surface area contributed by atoms with Crippen LogP contribution in [0.2, 0.25) is 5.02 Å². The molecule has 0 radical (unpaired) electrons. The quantitative estimate of drug-likeness (QED) is 0.662. The van der Waals surface area contributed by atoms with E-state index < -0.39 is 0 Å². The molecule has 132 valence electrons. The van der Waals surface area contributed by atoms with Gasteiger partial charge in [-0.05, 0) is 62.4 Å². The van der Waals surface area contributed by atoms with Gasteiger partial charge in [-0.15, -0.1) is 6.58 Å². The Bertz CT molecular complexity index is 521. The highest BCUT2D eigenvalue weighted by Gasteiger charge is 2.21. The summed E-state index contributed by atoms with van der Waals surface area (Å²) in [7, 11) is 1.93. The Hall–Kier alpha value is -1.32. The average Bonchev–Trinajstić information content (AvgIpc) is 2.60. The summed E-state index contributed by atoms with van der Waals surface area (Å²) in [6.45, 7) is 7.93. The third kappa shape index (κ3) is 6.29. The normalized spacial score (nSPS) is 16.1. The number of carbonyl (C=O) groups is 1. The highest BCUT2D eigenvalue weighted by atomic mass is 35.5. The molecule has 1 aliphatic rings. The monoisotopic (exact) mass is 348 g/mol. The van der Waals surface area contributed by atoms with Crippen LogP contribution in [0.3, 0.4) is 0 Å². The van der Waals surface area contributed by atoms with Crippen LogP contribution in [-0.2, 0) is 11.2 Å². The third-order valence-electron chi connectivity index (χ3n) is 4.86. The molecule has 0 aliphatic carbocycles. The van der Waals surface area contributed by atoms with E-state index in [-0.39, 0.29) is 5.91 Å². The van der Waals surface area contributed by atoms with Gasteiger partial charge in [-0.1, -0.05) is 29.8 Å². The number of piperidine rings is 1. The van der Waals surface area contributed by atoms with E-state index in [4.69, 9.17) is 11.6 Å². The molecule has 0 unspecified atom stereocenters. The van der Waals surface area contributed by atoms with E-state index in [0.717, 1.165) is 44.0 Å². The summed E-state index contributed by atoms with van der Waals surface area (Å²) in [6, 6.07) is 8.14. The van der Waals surface area contributed by atoms with Crippen molar-refractivity contribution in [1.29, 1.82) is 0 Å². The summed E-state index contributed by atoms with van der Waals surface area (Å²) < 4.78 is 0. The van der Waals surface area contributed by atoms with E-state index in [1.54, 1.807) is 0 Å². The van der Waals surface area contributed by atoms with Gasteiger partial charge in [0.15, 0.2) is 0 Å². The van der Waals surface area contributed by atoms with Gasteiger partial charge < -0.3 is 9.80 Å². The van der Waals surface area contributed by atoms with Gasteiger partial charge in [0.1, 0.15) is 0 Å². The lowest BCUT2D eigenvalue weighted by Gasteiger charge is -2.34. The predicted molar refractivity (Wildman–Crippen MR) is 101 cm³/mol. The van der Waals surface area contributed by atoms with Crippen LogP contribution in [0.15, 0.2) is 36.9 Å². The van der Waals surface area contributed by atoms with E-state index in [2.05, 4.69) is 23.6 Å². The zero-order valence-electron chi connectivity index (χ0n) is 14.7. The Morgan fingerprint density at radius 1 is 1.33 bits per heavy atom. The van der Waals surface area contributed by atoms with Crippen molar-refractivity contribution in [3.63, 3.8) is 0 Å². The second-order valence-corrected chi connectivity index (χ2v) is 7.20. The van der Waals surface area contributed by atoms with E-state index in [0.29, 0.717) is 12.3 Å². The van der Waals surface area contributed by atoms with Crippen LogP contribution in [0.1, 0.15) is 31.2 Å². The number of hydrogen-bond acceptors (Lipinski definition) is 2. The maximum Gasteiger partial charge on any atom is 0.222 e. The minimum absolute atomic E-state index is 0.236. The van der Waals surface area contributed by atoms with Gasteiger partial charge in [-0.25, -0.2) is 0 Å². The zero-order chi connectivity index (χ0) is 17.4. The second-order valence-electron chi connectivity index (χ2n) is 6.76. The van der Waals surface area contributed by atoms with Crippen molar-refractivity contribution < 1.29 is 4.79 Å². The fraction of sp³-hybridized carbons (Fsp3) is 0.550. The number of amides is 1. The first kappa shape index (κ1) is 19.0. The summed E-state index contributed by atoms with van der Waals surface area (Å²) in [4.78, 5) is 16.4. The van der Waals surface area contributed by atoms with E-state index in [9.17, 15) is 4.79 Å². The van der Waals surface area contributed by atoms with Gasteiger partial charge >= 0.3 is 0 Å². The fourth-order valence-corrected chi connectivity index (χ4v) is 3.36. The largest absolute Gasteiger partial charge is 0.345 e. The van der Waals surface area contributed by atoms with E-state index in [1.807, 2.05) is 30.2 Å². The van der Waals surface area contributed by atoms with Crippen LogP contribution in [0.25, 0.3) is 0 Å². The molecule has 2 rings (SSSR count). The third-order valence-corrected chi connectivity index (χ3v) is 5.11. The molecule has 4 heteroatoms. The van der Waals surface area contributed by atoms with Crippen molar-refractivity contribution in [3.8, 4) is 0 Å². The molecule has 0 N–H and O–H groups in total. The van der Waals surface area contributed by atoms with Crippen LogP contribution in [0, 0.1) is 5.92 Å². The van der Waals surface area contributed by atoms with Gasteiger partial charge in [0.2, 0.25) is 5.91 Å². The Morgan fingerprint density at radius 3 is 2.62 bits per heavy atom. The van der Waals surface area contributed by atoms with Gasteiger partial charge in [0.25, 0.3) is 0 Å². The van der Waals surface area contributed by atoms with E-state index in [1.165, 1.54) is 18.4 Å². The molecular weight excluding hydrogens is 320 g/mol. The summed E-state index contributed by atoms with van der Waals surface area (Å²) >= 11 is 5.93. The van der Waals surface area contributed by atoms with Gasteiger partial charge in [0.05, 0.1) is 0 Å². The SMILES string of the molecule is C=CCCC(=O)N(C)CC1CCN(CCc2ccc(Cl)cc2)CC1. The number of nitrogens with zero attached hydrogens (tertiary/aromatic N) is 2. The molecule has 0 bridgehead atoms. The first-order valence-corrected chi connectivity index (χ1v) is 9.28. The Labute approximate surface area is 151 Å². The predicted octanol–water partition coefficient (Wildman–Crippen LogP) is 4.02. The van der Waals surface area contributed by atoms with Gasteiger partial charge in [0, 0.05) is 31.6 Å². The fourth-order valence-electron chi connectivity index (χ4n) is 3.24. The Balaban J connectivity index is 1.66. The molecule has 1 heterocycles. The number of rotatable bonds is 8. The van der Waals surface area contributed by atoms with Crippen molar-refractivity contribution in [2.75, 3.05) is 33.2 Å². The summed E-state index contributed by atoms with van der Waals surface area (Å²) in [5.41, 5.74) is 1.34. The molecule has 0 spiro atoms. The summed E-state index contributed by atoms with van der Waals surface area (Å²) in [5.74, 6) is 0.870. The lowest BCUT2D eigenvalue weighted by Crippen LogP contribution is -2.40. The molecule has 24 heavy (non-hydrogen) atoms. The summed E-state index contributed by atoms with van der Waals surface area (Å²) in [6.07, 6.45) is 6.60. The molecule has 1 aliphatic heterocycles. The number of halogens is 1. The first-order valence-electron chi connectivity index (χ1n) is 8.90. The number of likely N-dealkylation sites (tertiary alicyclic amines) is 1. The van der Waals surface area contributed by atoms with Crippen LogP contribution >= 0.6 is 11.6 Å². The molecular formula is C20H29ClN2O. The lowest BCUT2D eigenvalue weighted by atomic mass is 9.96. The van der Waals surface area contributed by atoms with E-state index >= 15 is 0 Å². The molecule has 0 saturated carbocycles. The number of benzene rings is 1. The van der Waals surface area contributed by atoms with Crippen LogP contribution in [0.5, 0.6) is 0 Å². The molecule has 1 aromatic rings. The molecule has 1 amide bonds. The molecule has 0 aromatic heterocycles. The highest BCUT2D eigenvalue weighted by Crippen LogP contribution is 2.19. The number of hydrogen-bond donors (Lipinski definition) is 0. The van der Waals surface area contributed by atoms with Crippen molar-refractivity contribution in [2.45, 2.75) is 32.1 Å². The highest BCUT2D eigenvalue weighted by molar-refractivity contribution is 6.30. The van der Waals surface area contributed by atoms with Crippen LogP contribution < -0.4 is 0 Å². The minimum atomic E-state index is 0.236. The Morgan fingerprint density at radius 2 is 2.00 bits per heavy atom.